The predicted molar refractivity (Wildman–Crippen MR) is 44.1 cm³/mol. The lowest BCUT2D eigenvalue weighted by Gasteiger charge is -2.04. The highest BCUT2D eigenvalue weighted by Gasteiger charge is 1.98. The molecular formula is C5H7BrN2S. The fourth-order valence-electron chi connectivity index (χ4n) is 0.349. The third kappa shape index (κ3) is 1.66. The number of nitrogens with zero attached hydrogens (tertiary/aromatic N) is 2. The first-order chi connectivity index (χ1) is 6.62. The van der Waals surface area contributed by atoms with Gasteiger partial charge in [0, 0.05) is 22.2 Å². The first-order valence-electron chi connectivity index (χ1n) is 5.04. The van der Waals surface area contributed by atoms with Crippen molar-refractivity contribution < 1.29 is 8.22 Å². The molecule has 9 heavy (non-hydrogen) atoms. The van der Waals surface area contributed by atoms with E-state index in [-0.39, 0.29) is 5.13 Å². The Bertz CT molecular complexity index is 330. The molecule has 0 bridgehead atoms. The van der Waals surface area contributed by atoms with Crippen LogP contribution in [0.4, 0.5) is 5.13 Å². The second kappa shape index (κ2) is 2.66. The van der Waals surface area contributed by atoms with Crippen LogP contribution in [0.1, 0.15) is 8.22 Å². The monoisotopic (exact) mass is 214 g/mol. The maximum atomic E-state index is 7.14. The summed E-state index contributed by atoms with van der Waals surface area (Å²) in [7, 11) is 0. The molecule has 0 fully saturated rings. The van der Waals surface area contributed by atoms with Gasteiger partial charge in [0.1, 0.15) is 0 Å². The third-order valence-electron chi connectivity index (χ3n) is 0.657. The van der Waals surface area contributed by atoms with Gasteiger partial charge in [0.25, 0.3) is 0 Å². The van der Waals surface area contributed by atoms with Crippen LogP contribution >= 0.6 is 27.3 Å². The van der Waals surface area contributed by atoms with Gasteiger partial charge < -0.3 is 4.90 Å². The molecular weight excluding hydrogens is 202 g/mol. The normalized spacial score (nSPS) is 22.3. The van der Waals surface area contributed by atoms with Crippen LogP contribution in [0, 0.1) is 0 Å². The highest BCUT2D eigenvalue weighted by Crippen LogP contribution is 2.24. The summed E-state index contributed by atoms with van der Waals surface area (Å²) < 4.78 is 43.4. The van der Waals surface area contributed by atoms with E-state index in [0.717, 1.165) is 11.3 Å². The summed E-state index contributed by atoms with van der Waals surface area (Å²) in [6.07, 6.45) is 1.37. The van der Waals surface area contributed by atoms with Crippen molar-refractivity contribution >= 4 is 32.4 Å². The molecule has 0 unspecified atom stereocenters. The van der Waals surface area contributed by atoms with Crippen LogP contribution in [0.3, 0.4) is 0 Å². The van der Waals surface area contributed by atoms with Gasteiger partial charge in [0.15, 0.2) is 5.13 Å². The number of hydrogen-bond acceptors (Lipinski definition) is 3. The van der Waals surface area contributed by atoms with E-state index in [1.165, 1.54) is 6.20 Å². The average molecular weight is 215 g/mol. The Hall–Kier alpha value is -0.0900. The molecule has 0 atom stereocenters. The predicted octanol–water partition coefficient (Wildman–Crippen LogP) is 1.97. The Kier molecular flexibility index (Phi) is 0.742. The Labute approximate surface area is 75.1 Å². The maximum absolute atomic E-state index is 7.14. The van der Waals surface area contributed by atoms with Crippen molar-refractivity contribution in [2.45, 2.75) is 0 Å². The van der Waals surface area contributed by atoms with Crippen molar-refractivity contribution in [2.75, 3.05) is 18.9 Å². The Morgan fingerprint density at radius 3 is 3.11 bits per heavy atom. The quantitative estimate of drug-likeness (QED) is 0.666. The highest BCUT2D eigenvalue weighted by molar-refractivity contribution is 9.11. The number of rotatable bonds is 1. The molecule has 1 heterocycles. The number of aromatic nitrogens is 1. The lowest BCUT2D eigenvalue weighted by atomic mass is 11.0. The second-order valence-corrected chi connectivity index (χ2v) is 3.67. The summed E-state index contributed by atoms with van der Waals surface area (Å²) >= 11 is 4.06. The molecule has 0 radical (unpaired) electrons. The van der Waals surface area contributed by atoms with Crippen LogP contribution < -0.4 is 4.90 Å². The Morgan fingerprint density at radius 1 is 1.89 bits per heavy atom. The van der Waals surface area contributed by atoms with Gasteiger partial charge in [-0.2, -0.15) is 0 Å². The number of thiazole rings is 1. The van der Waals surface area contributed by atoms with Crippen molar-refractivity contribution in [2.24, 2.45) is 0 Å². The smallest absolute Gasteiger partial charge is 0.185 e. The zero-order valence-corrected chi connectivity index (χ0v) is 6.66. The van der Waals surface area contributed by atoms with E-state index >= 15 is 0 Å². The van der Waals surface area contributed by atoms with Gasteiger partial charge >= 0.3 is 0 Å². The molecule has 0 spiro atoms. The largest absolute Gasteiger partial charge is 0.354 e. The lowest BCUT2D eigenvalue weighted by Crippen LogP contribution is -2.07. The van der Waals surface area contributed by atoms with Crippen LogP contribution in [-0.4, -0.2) is 18.9 Å². The SMILES string of the molecule is [2H][13C]([2H])([2H])N(c1ncc(Br)s1)[13C]([2H])([2H])[2H]. The van der Waals surface area contributed by atoms with Crippen LogP contribution in [0.25, 0.3) is 0 Å². The minimum Gasteiger partial charge on any atom is -0.354 e. The van der Waals surface area contributed by atoms with Gasteiger partial charge in [-0.25, -0.2) is 4.98 Å². The summed E-state index contributed by atoms with van der Waals surface area (Å²) in [6.45, 7) is -5.47. The summed E-state index contributed by atoms with van der Waals surface area (Å²) in [5, 5.41) is -0.0538. The Balaban J connectivity index is 3.14. The van der Waals surface area contributed by atoms with Gasteiger partial charge in [0.05, 0.1) is 9.98 Å². The van der Waals surface area contributed by atoms with E-state index in [2.05, 4.69) is 20.9 Å². The summed E-state index contributed by atoms with van der Waals surface area (Å²) in [6, 6.07) is 0. The first kappa shape index (κ1) is 2.51. The van der Waals surface area contributed by atoms with Gasteiger partial charge in [-0.1, -0.05) is 11.3 Å². The fourth-order valence-corrected chi connectivity index (χ4v) is 1.36. The third-order valence-corrected chi connectivity index (χ3v) is 2.12. The molecule has 1 rings (SSSR count). The van der Waals surface area contributed by atoms with E-state index in [1.54, 1.807) is 0 Å². The number of hydrogen-bond donors (Lipinski definition) is 0. The topological polar surface area (TPSA) is 16.1 Å². The molecule has 4 heteroatoms. The van der Waals surface area contributed by atoms with Gasteiger partial charge in [-0.3, -0.25) is 0 Å². The van der Waals surface area contributed by atoms with E-state index in [0.29, 0.717) is 8.69 Å². The summed E-state index contributed by atoms with van der Waals surface area (Å²) in [5.41, 5.74) is 0. The summed E-state index contributed by atoms with van der Waals surface area (Å²) in [4.78, 5) is 4.08. The fraction of sp³-hybridized carbons (Fsp3) is 0.400. The molecule has 0 aliphatic rings. The standard InChI is InChI=1S/C5H7BrN2S/c1-8(2)5-7-3-4(6)9-5/h3H,1-2H3/i1+1D3,2+1D3. The Morgan fingerprint density at radius 2 is 2.67 bits per heavy atom. The van der Waals surface area contributed by atoms with Gasteiger partial charge in [-0.15, -0.1) is 0 Å². The van der Waals surface area contributed by atoms with Crippen molar-refractivity contribution in [1.82, 2.24) is 4.98 Å². The van der Waals surface area contributed by atoms with Crippen LogP contribution in [-0.2, 0) is 0 Å². The molecule has 1 aromatic rings. The molecule has 0 amide bonds. The first-order valence-corrected chi connectivity index (χ1v) is 3.65. The molecule has 0 aliphatic carbocycles. The van der Waals surface area contributed by atoms with E-state index in [4.69, 9.17) is 8.22 Å². The molecule has 0 saturated carbocycles. The van der Waals surface area contributed by atoms with Crippen LogP contribution in [0.5, 0.6) is 0 Å². The molecule has 2 nitrogen and oxygen atoms in total. The molecule has 0 saturated heterocycles. The zero-order valence-electron chi connectivity index (χ0n) is 10.3. The molecule has 1 aromatic heterocycles. The van der Waals surface area contributed by atoms with Crippen LogP contribution in [0.15, 0.2) is 9.98 Å². The van der Waals surface area contributed by atoms with Crippen molar-refractivity contribution in [3.63, 3.8) is 0 Å². The maximum Gasteiger partial charge on any atom is 0.185 e. The van der Waals surface area contributed by atoms with Crippen molar-refractivity contribution in [3.8, 4) is 0 Å². The minimum atomic E-state index is -2.73. The van der Waals surface area contributed by atoms with E-state index in [9.17, 15) is 0 Å². The van der Waals surface area contributed by atoms with E-state index in [1.807, 2.05) is 0 Å². The molecule has 0 aromatic carbocycles. The molecule has 0 N–H and O–H groups in total. The van der Waals surface area contributed by atoms with Gasteiger partial charge in [-0.05, 0) is 15.9 Å². The van der Waals surface area contributed by atoms with E-state index < -0.39 is 14.0 Å². The zero-order chi connectivity index (χ0) is 11.9. The van der Waals surface area contributed by atoms with Gasteiger partial charge in [0.2, 0.25) is 0 Å². The lowest BCUT2D eigenvalue weighted by molar-refractivity contribution is 1.10. The van der Waals surface area contributed by atoms with Crippen molar-refractivity contribution in [1.29, 1.82) is 0 Å². The highest BCUT2D eigenvalue weighted by atomic mass is 79.9. The minimum absolute atomic E-state index is 0.0538. The van der Waals surface area contributed by atoms with Crippen molar-refractivity contribution in [3.05, 3.63) is 9.98 Å². The molecule has 50 valence electrons. The second-order valence-electron chi connectivity index (χ2n) is 1.28. The molecule has 0 aliphatic heterocycles. The summed E-state index contributed by atoms with van der Waals surface area (Å²) in [5.74, 6) is 0. The number of anilines is 1. The van der Waals surface area contributed by atoms with Crippen LogP contribution in [0.2, 0.25) is 0 Å². The average Bonchev–Trinajstić information content (AvgIpc) is 2.28. The number of halogens is 1.